The second-order valence-corrected chi connectivity index (χ2v) is 7.36. The summed E-state index contributed by atoms with van der Waals surface area (Å²) in [4.78, 5) is 4.92. The number of hydrogen-bond acceptors (Lipinski definition) is 5. The van der Waals surface area contributed by atoms with Gasteiger partial charge >= 0.3 is 0 Å². The summed E-state index contributed by atoms with van der Waals surface area (Å²) < 4.78 is 29.0. The number of sulfonamides is 1. The molecule has 2 aromatic rings. The molecule has 110 valence electrons. The third-order valence-corrected chi connectivity index (χ3v) is 5.71. The molecule has 2 heterocycles. The third-order valence-electron chi connectivity index (χ3n) is 2.67. The summed E-state index contributed by atoms with van der Waals surface area (Å²) in [5, 5.41) is 3.18. The summed E-state index contributed by atoms with van der Waals surface area (Å²) in [6.07, 6.45) is 5.13. The minimum Gasteiger partial charge on any atom is -0.336 e. The van der Waals surface area contributed by atoms with Crippen molar-refractivity contribution in [2.24, 2.45) is 0 Å². The number of nitrogens with zero attached hydrogens (tertiary/aromatic N) is 2. The smallest absolute Gasteiger partial charge is 0.250 e. The first-order valence-electron chi connectivity index (χ1n) is 6.36. The van der Waals surface area contributed by atoms with Crippen LogP contribution in [0.3, 0.4) is 0 Å². The van der Waals surface area contributed by atoms with Crippen molar-refractivity contribution in [3.05, 3.63) is 35.7 Å². The molecule has 0 saturated heterocycles. The average Bonchev–Trinajstić information content (AvgIpc) is 3.07. The van der Waals surface area contributed by atoms with Crippen LogP contribution < -0.4 is 10.0 Å². The monoisotopic (exact) mass is 314 g/mol. The largest absolute Gasteiger partial charge is 0.336 e. The fourth-order valence-corrected chi connectivity index (χ4v) is 4.04. The molecule has 0 unspecified atom stereocenters. The molecule has 0 spiro atoms. The predicted octanol–water partition coefficient (Wildman–Crippen LogP) is 1.03. The van der Waals surface area contributed by atoms with Gasteiger partial charge in [-0.1, -0.05) is 6.92 Å². The minimum atomic E-state index is -3.41. The first-order chi connectivity index (χ1) is 9.62. The number of imidazole rings is 1. The first-order valence-corrected chi connectivity index (χ1v) is 8.66. The van der Waals surface area contributed by atoms with E-state index in [-0.39, 0.29) is 0 Å². The molecule has 8 heteroatoms. The lowest BCUT2D eigenvalue weighted by Gasteiger charge is -2.05. The van der Waals surface area contributed by atoms with E-state index in [4.69, 9.17) is 0 Å². The molecule has 0 saturated carbocycles. The average molecular weight is 314 g/mol. The van der Waals surface area contributed by atoms with Gasteiger partial charge in [-0.3, -0.25) is 0 Å². The number of rotatable bonds is 8. The van der Waals surface area contributed by atoms with Crippen molar-refractivity contribution in [2.45, 2.75) is 24.2 Å². The highest BCUT2D eigenvalue weighted by atomic mass is 32.2. The summed E-state index contributed by atoms with van der Waals surface area (Å²) in [6.45, 7) is 4.49. The van der Waals surface area contributed by atoms with Crippen LogP contribution in [-0.4, -0.2) is 31.1 Å². The molecule has 20 heavy (non-hydrogen) atoms. The van der Waals surface area contributed by atoms with E-state index >= 15 is 0 Å². The molecular formula is C12H18N4O2S2. The highest BCUT2D eigenvalue weighted by Crippen LogP contribution is 2.21. The third kappa shape index (κ3) is 4.14. The fraction of sp³-hybridized carbons (Fsp3) is 0.417. The van der Waals surface area contributed by atoms with Gasteiger partial charge < -0.3 is 9.88 Å². The van der Waals surface area contributed by atoms with E-state index < -0.39 is 10.0 Å². The van der Waals surface area contributed by atoms with E-state index in [1.54, 1.807) is 24.8 Å². The van der Waals surface area contributed by atoms with E-state index in [1.165, 1.54) is 11.3 Å². The van der Waals surface area contributed by atoms with Crippen LogP contribution in [0.4, 0.5) is 0 Å². The Morgan fingerprint density at radius 3 is 2.95 bits per heavy atom. The summed E-state index contributed by atoms with van der Waals surface area (Å²) >= 11 is 1.30. The van der Waals surface area contributed by atoms with Crippen molar-refractivity contribution in [1.29, 1.82) is 0 Å². The highest BCUT2D eigenvalue weighted by molar-refractivity contribution is 7.91. The summed E-state index contributed by atoms with van der Waals surface area (Å²) in [5.41, 5.74) is 0. The SMILES string of the molecule is CCNCc1ccc(S(=O)(=O)NCCn2ccnc2)s1. The van der Waals surface area contributed by atoms with E-state index in [0.717, 1.165) is 11.4 Å². The highest BCUT2D eigenvalue weighted by Gasteiger charge is 2.15. The van der Waals surface area contributed by atoms with Gasteiger partial charge in [0, 0.05) is 36.9 Å². The van der Waals surface area contributed by atoms with Crippen molar-refractivity contribution >= 4 is 21.4 Å². The normalized spacial score (nSPS) is 11.8. The maximum atomic E-state index is 12.1. The van der Waals surface area contributed by atoms with Crippen LogP contribution in [0.2, 0.25) is 0 Å². The second-order valence-electron chi connectivity index (χ2n) is 4.20. The Morgan fingerprint density at radius 2 is 2.25 bits per heavy atom. The van der Waals surface area contributed by atoms with Crippen molar-refractivity contribution in [2.75, 3.05) is 13.1 Å². The van der Waals surface area contributed by atoms with Crippen LogP contribution in [0.1, 0.15) is 11.8 Å². The zero-order chi connectivity index (χ0) is 14.4. The lowest BCUT2D eigenvalue weighted by Crippen LogP contribution is -2.26. The Hall–Kier alpha value is -1.22. The Bertz CT molecular complexity index is 620. The summed E-state index contributed by atoms with van der Waals surface area (Å²) in [5.74, 6) is 0. The lowest BCUT2D eigenvalue weighted by molar-refractivity contribution is 0.575. The van der Waals surface area contributed by atoms with Gasteiger partial charge in [-0.05, 0) is 18.7 Å². The Labute approximate surface area is 122 Å². The minimum absolute atomic E-state index is 0.346. The molecule has 0 bridgehead atoms. The molecule has 2 aromatic heterocycles. The van der Waals surface area contributed by atoms with Gasteiger partial charge in [-0.15, -0.1) is 11.3 Å². The van der Waals surface area contributed by atoms with Crippen LogP contribution in [0, 0.1) is 0 Å². The molecule has 0 aliphatic rings. The topological polar surface area (TPSA) is 76.0 Å². The molecule has 2 rings (SSSR count). The van der Waals surface area contributed by atoms with Crippen molar-refractivity contribution in [3.63, 3.8) is 0 Å². The maximum Gasteiger partial charge on any atom is 0.250 e. The van der Waals surface area contributed by atoms with Gasteiger partial charge in [-0.2, -0.15) is 0 Å². The van der Waals surface area contributed by atoms with Crippen LogP contribution >= 0.6 is 11.3 Å². The van der Waals surface area contributed by atoms with E-state index in [1.807, 2.05) is 17.6 Å². The van der Waals surface area contributed by atoms with Crippen molar-refractivity contribution in [3.8, 4) is 0 Å². The molecule has 0 aliphatic carbocycles. The molecule has 0 aliphatic heterocycles. The number of thiophene rings is 1. The van der Waals surface area contributed by atoms with Crippen LogP contribution in [0.15, 0.2) is 35.1 Å². The molecule has 0 aromatic carbocycles. The van der Waals surface area contributed by atoms with Crippen LogP contribution in [0.25, 0.3) is 0 Å². The molecule has 0 fully saturated rings. The molecule has 0 atom stereocenters. The van der Waals surface area contributed by atoms with Crippen molar-refractivity contribution < 1.29 is 8.42 Å². The van der Waals surface area contributed by atoms with E-state index in [0.29, 0.717) is 23.8 Å². The summed E-state index contributed by atoms with van der Waals surface area (Å²) in [6, 6.07) is 3.49. The Morgan fingerprint density at radius 1 is 1.40 bits per heavy atom. The zero-order valence-electron chi connectivity index (χ0n) is 11.2. The number of aromatic nitrogens is 2. The van der Waals surface area contributed by atoms with Crippen LogP contribution in [0.5, 0.6) is 0 Å². The first kappa shape index (κ1) is 15.2. The van der Waals surface area contributed by atoms with Gasteiger partial charge in [0.1, 0.15) is 4.21 Å². The molecular weight excluding hydrogens is 296 g/mol. The molecule has 0 radical (unpaired) electrons. The quantitative estimate of drug-likeness (QED) is 0.763. The van der Waals surface area contributed by atoms with Crippen molar-refractivity contribution in [1.82, 2.24) is 19.6 Å². The second kappa shape index (κ2) is 6.98. The predicted molar refractivity (Wildman–Crippen MR) is 79.1 cm³/mol. The van der Waals surface area contributed by atoms with E-state index in [9.17, 15) is 8.42 Å². The van der Waals surface area contributed by atoms with Crippen LogP contribution in [-0.2, 0) is 23.1 Å². The summed E-state index contributed by atoms with van der Waals surface area (Å²) in [7, 11) is -3.41. The molecule has 6 nitrogen and oxygen atoms in total. The fourth-order valence-electron chi connectivity index (χ4n) is 1.65. The number of nitrogens with one attached hydrogen (secondary N) is 2. The Kier molecular flexibility index (Phi) is 5.30. The van der Waals surface area contributed by atoms with Gasteiger partial charge in [0.15, 0.2) is 0 Å². The number of hydrogen-bond donors (Lipinski definition) is 2. The molecule has 0 amide bonds. The van der Waals surface area contributed by atoms with E-state index in [2.05, 4.69) is 15.0 Å². The molecule has 2 N–H and O–H groups in total. The van der Waals surface area contributed by atoms with Gasteiger partial charge in [-0.25, -0.2) is 18.1 Å². The zero-order valence-corrected chi connectivity index (χ0v) is 12.9. The standard InChI is InChI=1S/C12H18N4O2S2/c1-2-13-9-11-3-4-12(19-11)20(17,18)15-6-8-16-7-5-14-10-16/h3-5,7,10,13,15H,2,6,8-9H2,1H3. The van der Waals surface area contributed by atoms with Gasteiger partial charge in [0.25, 0.3) is 0 Å². The van der Waals surface area contributed by atoms with Gasteiger partial charge in [0.2, 0.25) is 10.0 Å². The maximum absolute atomic E-state index is 12.1. The lowest BCUT2D eigenvalue weighted by atomic mass is 10.4. The Balaban J connectivity index is 1.90. The van der Waals surface area contributed by atoms with Gasteiger partial charge in [0.05, 0.1) is 6.33 Å².